The Labute approximate surface area is 147 Å². The summed E-state index contributed by atoms with van der Waals surface area (Å²) < 4.78 is 5.14. The minimum absolute atomic E-state index is 0.0281. The van der Waals surface area contributed by atoms with E-state index >= 15 is 0 Å². The van der Waals surface area contributed by atoms with Crippen LogP contribution in [0.3, 0.4) is 0 Å². The first-order valence-electron chi connectivity index (χ1n) is 8.42. The molecule has 2 aliphatic heterocycles. The van der Waals surface area contributed by atoms with E-state index < -0.39 is 0 Å². The smallest absolute Gasteiger partial charge is 0.228 e. The minimum atomic E-state index is -0.260. The third-order valence-electron chi connectivity index (χ3n) is 4.89. The summed E-state index contributed by atoms with van der Waals surface area (Å²) in [6.07, 6.45) is 2.49. The monoisotopic (exact) mass is 350 g/mol. The third kappa shape index (κ3) is 3.36. The van der Waals surface area contributed by atoms with Crippen molar-refractivity contribution >= 4 is 29.1 Å². The summed E-state index contributed by atoms with van der Waals surface area (Å²) >= 11 is 6.15. The number of methoxy groups -OCH3 is 1. The maximum atomic E-state index is 12.7. The highest BCUT2D eigenvalue weighted by atomic mass is 35.5. The standard InChI is InChI=1S/C18H23ClN2O3/c1-12-4-3-7-20(10-12)18(23)13-8-17(22)21(11-13)14-5-6-16(24-2)15(19)9-14/h5-6,9,12-13H,3-4,7-8,10-11H2,1-2H3. The van der Waals surface area contributed by atoms with E-state index in [9.17, 15) is 9.59 Å². The fourth-order valence-electron chi connectivity index (χ4n) is 3.59. The Hall–Kier alpha value is -1.75. The fraction of sp³-hybridized carbons (Fsp3) is 0.556. The molecule has 2 aliphatic rings. The van der Waals surface area contributed by atoms with Crippen LogP contribution in [0, 0.1) is 11.8 Å². The van der Waals surface area contributed by atoms with Crippen molar-refractivity contribution < 1.29 is 14.3 Å². The number of carbonyl (C=O) groups is 2. The van der Waals surface area contributed by atoms with Crippen LogP contribution in [0.2, 0.25) is 5.02 Å². The summed E-state index contributed by atoms with van der Waals surface area (Å²) in [7, 11) is 1.55. The van der Waals surface area contributed by atoms with Crippen molar-refractivity contribution in [3.8, 4) is 5.75 Å². The van der Waals surface area contributed by atoms with Crippen LogP contribution in [0.25, 0.3) is 0 Å². The van der Waals surface area contributed by atoms with Gasteiger partial charge in [0.2, 0.25) is 11.8 Å². The van der Waals surface area contributed by atoms with Gasteiger partial charge in [-0.2, -0.15) is 0 Å². The molecule has 2 unspecified atom stereocenters. The fourth-order valence-corrected chi connectivity index (χ4v) is 3.85. The molecule has 0 aromatic heterocycles. The molecule has 6 heteroatoms. The van der Waals surface area contributed by atoms with Crippen molar-refractivity contribution in [1.82, 2.24) is 4.90 Å². The van der Waals surface area contributed by atoms with Gasteiger partial charge in [0.25, 0.3) is 0 Å². The summed E-state index contributed by atoms with van der Waals surface area (Å²) in [5.41, 5.74) is 0.716. The Morgan fingerprint density at radius 2 is 2.12 bits per heavy atom. The van der Waals surface area contributed by atoms with Gasteiger partial charge in [-0.25, -0.2) is 0 Å². The van der Waals surface area contributed by atoms with Crippen LogP contribution >= 0.6 is 11.6 Å². The van der Waals surface area contributed by atoms with E-state index in [0.717, 1.165) is 19.5 Å². The van der Waals surface area contributed by atoms with E-state index in [2.05, 4.69) is 6.92 Å². The predicted octanol–water partition coefficient (Wildman–Crippen LogP) is 2.96. The number of nitrogens with zero attached hydrogens (tertiary/aromatic N) is 2. The highest BCUT2D eigenvalue weighted by Crippen LogP contribution is 2.33. The summed E-state index contributed by atoms with van der Waals surface area (Å²) in [6, 6.07) is 5.26. The lowest BCUT2D eigenvalue weighted by Crippen LogP contribution is -2.43. The predicted molar refractivity (Wildman–Crippen MR) is 93.4 cm³/mol. The molecule has 2 fully saturated rings. The van der Waals surface area contributed by atoms with E-state index in [1.165, 1.54) is 6.42 Å². The molecule has 130 valence electrons. The number of piperidine rings is 1. The molecule has 5 nitrogen and oxygen atoms in total. The summed E-state index contributed by atoms with van der Waals surface area (Å²) in [5.74, 6) is 0.929. The van der Waals surface area contributed by atoms with Crippen molar-refractivity contribution in [2.24, 2.45) is 11.8 Å². The lowest BCUT2D eigenvalue weighted by molar-refractivity contribution is -0.137. The molecular weight excluding hydrogens is 328 g/mol. The lowest BCUT2D eigenvalue weighted by Gasteiger charge is -2.32. The minimum Gasteiger partial charge on any atom is -0.495 e. The Morgan fingerprint density at radius 1 is 1.33 bits per heavy atom. The number of amides is 2. The molecule has 3 rings (SSSR count). The second kappa shape index (κ2) is 7.01. The van der Waals surface area contributed by atoms with Gasteiger partial charge in [-0.3, -0.25) is 9.59 Å². The van der Waals surface area contributed by atoms with E-state index in [1.807, 2.05) is 4.90 Å². The van der Waals surface area contributed by atoms with Gasteiger partial charge in [-0.1, -0.05) is 18.5 Å². The number of hydrogen-bond acceptors (Lipinski definition) is 3. The molecule has 2 saturated heterocycles. The van der Waals surface area contributed by atoms with Gasteiger partial charge >= 0.3 is 0 Å². The molecule has 0 saturated carbocycles. The highest BCUT2D eigenvalue weighted by Gasteiger charge is 2.38. The molecule has 0 radical (unpaired) electrons. The molecule has 0 aliphatic carbocycles. The van der Waals surface area contributed by atoms with Crippen LogP contribution in [0.5, 0.6) is 5.75 Å². The zero-order valence-corrected chi connectivity index (χ0v) is 14.9. The first kappa shape index (κ1) is 17.1. The molecule has 2 amide bonds. The van der Waals surface area contributed by atoms with Crippen LogP contribution < -0.4 is 9.64 Å². The topological polar surface area (TPSA) is 49.9 Å². The maximum absolute atomic E-state index is 12.7. The van der Waals surface area contributed by atoms with Gasteiger partial charge < -0.3 is 14.5 Å². The normalized spacial score (nSPS) is 24.4. The number of likely N-dealkylation sites (tertiary alicyclic amines) is 1. The lowest BCUT2D eigenvalue weighted by atomic mass is 9.98. The van der Waals surface area contributed by atoms with Crippen LogP contribution in [-0.2, 0) is 9.59 Å². The van der Waals surface area contributed by atoms with Gasteiger partial charge in [-0.15, -0.1) is 0 Å². The molecule has 1 aromatic rings. The summed E-state index contributed by atoms with van der Waals surface area (Å²) in [4.78, 5) is 28.7. The number of hydrogen-bond donors (Lipinski definition) is 0. The zero-order chi connectivity index (χ0) is 17.3. The Kier molecular flexibility index (Phi) is 4.99. The Bertz CT molecular complexity index is 649. The first-order valence-corrected chi connectivity index (χ1v) is 8.80. The van der Waals surface area contributed by atoms with Crippen molar-refractivity contribution in [3.05, 3.63) is 23.2 Å². The molecule has 2 heterocycles. The summed E-state index contributed by atoms with van der Waals surface area (Å²) in [5, 5.41) is 0.461. The van der Waals surface area contributed by atoms with Crippen molar-refractivity contribution in [1.29, 1.82) is 0 Å². The Balaban J connectivity index is 1.71. The largest absolute Gasteiger partial charge is 0.495 e. The first-order chi connectivity index (χ1) is 11.5. The molecule has 0 bridgehead atoms. The van der Waals surface area contributed by atoms with Crippen molar-refractivity contribution in [2.75, 3.05) is 31.6 Å². The van der Waals surface area contributed by atoms with Gasteiger partial charge in [0.15, 0.2) is 0 Å². The number of halogens is 1. The highest BCUT2D eigenvalue weighted by molar-refractivity contribution is 6.32. The van der Waals surface area contributed by atoms with Crippen molar-refractivity contribution in [3.63, 3.8) is 0 Å². The van der Waals surface area contributed by atoms with Gasteiger partial charge in [0, 0.05) is 31.7 Å². The summed E-state index contributed by atoms with van der Waals surface area (Å²) in [6.45, 7) is 4.20. The third-order valence-corrected chi connectivity index (χ3v) is 5.19. The van der Waals surface area contributed by atoms with E-state index in [1.54, 1.807) is 30.2 Å². The van der Waals surface area contributed by atoms with Crippen molar-refractivity contribution in [2.45, 2.75) is 26.2 Å². The van der Waals surface area contributed by atoms with E-state index in [0.29, 0.717) is 28.9 Å². The van der Waals surface area contributed by atoms with Crippen LogP contribution in [0.4, 0.5) is 5.69 Å². The number of benzene rings is 1. The number of anilines is 1. The van der Waals surface area contributed by atoms with Gasteiger partial charge in [0.1, 0.15) is 5.75 Å². The quantitative estimate of drug-likeness (QED) is 0.842. The molecule has 24 heavy (non-hydrogen) atoms. The molecular formula is C18H23ClN2O3. The van der Waals surface area contributed by atoms with E-state index in [4.69, 9.17) is 16.3 Å². The van der Waals surface area contributed by atoms with Crippen LogP contribution in [0.15, 0.2) is 18.2 Å². The molecule has 1 aromatic carbocycles. The average molecular weight is 351 g/mol. The number of ether oxygens (including phenoxy) is 1. The molecule has 0 spiro atoms. The maximum Gasteiger partial charge on any atom is 0.228 e. The SMILES string of the molecule is COc1ccc(N2CC(C(=O)N3CCCC(C)C3)CC2=O)cc1Cl. The second-order valence-corrected chi connectivity index (χ2v) is 7.16. The second-order valence-electron chi connectivity index (χ2n) is 6.76. The molecule has 2 atom stereocenters. The average Bonchev–Trinajstić information content (AvgIpc) is 2.96. The van der Waals surface area contributed by atoms with Gasteiger partial charge in [-0.05, 0) is 37.0 Å². The molecule has 0 N–H and O–H groups in total. The zero-order valence-electron chi connectivity index (χ0n) is 14.1. The Morgan fingerprint density at radius 3 is 2.79 bits per heavy atom. The number of rotatable bonds is 3. The van der Waals surface area contributed by atoms with Gasteiger partial charge in [0.05, 0.1) is 18.1 Å². The number of carbonyl (C=O) groups excluding carboxylic acids is 2. The van der Waals surface area contributed by atoms with Crippen LogP contribution in [-0.4, -0.2) is 43.5 Å². The van der Waals surface area contributed by atoms with Crippen LogP contribution in [0.1, 0.15) is 26.2 Å². The van der Waals surface area contributed by atoms with E-state index in [-0.39, 0.29) is 24.2 Å².